The predicted octanol–water partition coefficient (Wildman–Crippen LogP) is 2.59. The van der Waals surface area contributed by atoms with Crippen molar-refractivity contribution in [2.75, 3.05) is 26.3 Å². The summed E-state index contributed by atoms with van der Waals surface area (Å²) in [5.41, 5.74) is 3.41. The van der Waals surface area contributed by atoms with E-state index in [-0.39, 0.29) is 0 Å². The molecular weight excluding hydrogens is 250 g/mol. The van der Waals surface area contributed by atoms with Gasteiger partial charge in [-0.3, -0.25) is 4.90 Å². The summed E-state index contributed by atoms with van der Waals surface area (Å²) in [5.74, 6) is 0. The Morgan fingerprint density at radius 2 is 2.20 bits per heavy atom. The highest BCUT2D eigenvalue weighted by Crippen LogP contribution is 2.39. The van der Waals surface area contributed by atoms with Crippen LogP contribution in [0.15, 0.2) is 6.07 Å². The van der Waals surface area contributed by atoms with Crippen molar-refractivity contribution in [1.82, 2.24) is 9.88 Å². The number of nitriles is 1. The fraction of sp³-hybridized carbons (Fsp3) is 0.688. The van der Waals surface area contributed by atoms with Gasteiger partial charge in [0.2, 0.25) is 0 Å². The SMILES string of the molecule is Cc1[nH]c(CN2CCCC3(CCOCC3)C2)cc1C#N. The van der Waals surface area contributed by atoms with Crippen LogP contribution in [0.3, 0.4) is 0 Å². The standard InChI is InChI=1S/C16H23N3O/c1-13-14(10-17)9-15(18-13)11-19-6-2-3-16(12-19)4-7-20-8-5-16/h9,18H,2-8,11-12H2,1H3. The van der Waals surface area contributed by atoms with E-state index in [2.05, 4.69) is 16.0 Å². The van der Waals surface area contributed by atoms with Gasteiger partial charge in [0.05, 0.1) is 5.56 Å². The number of rotatable bonds is 2. The van der Waals surface area contributed by atoms with Crippen LogP contribution in [0.2, 0.25) is 0 Å². The van der Waals surface area contributed by atoms with E-state index >= 15 is 0 Å². The van der Waals surface area contributed by atoms with Gasteiger partial charge in [0.25, 0.3) is 0 Å². The Bertz CT molecular complexity index is 503. The average Bonchev–Trinajstić information content (AvgIpc) is 2.79. The molecule has 0 aliphatic carbocycles. The lowest BCUT2D eigenvalue weighted by Crippen LogP contribution is -2.45. The third-order valence-corrected chi connectivity index (χ3v) is 4.88. The number of H-pyrrole nitrogens is 1. The van der Waals surface area contributed by atoms with Crippen molar-refractivity contribution in [3.8, 4) is 6.07 Å². The van der Waals surface area contributed by atoms with Crippen LogP contribution >= 0.6 is 0 Å². The lowest BCUT2D eigenvalue weighted by molar-refractivity contribution is -0.0293. The van der Waals surface area contributed by atoms with Gasteiger partial charge in [-0.2, -0.15) is 5.26 Å². The maximum atomic E-state index is 9.04. The molecule has 0 radical (unpaired) electrons. The zero-order chi connectivity index (χ0) is 14.0. The predicted molar refractivity (Wildman–Crippen MR) is 77.2 cm³/mol. The van der Waals surface area contributed by atoms with Crippen molar-refractivity contribution in [3.05, 3.63) is 23.0 Å². The summed E-state index contributed by atoms with van der Waals surface area (Å²) in [5, 5.41) is 9.04. The molecule has 0 aromatic carbocycles. The number of aromatic nitrogens is 1. The summed E-state index contributed by atoms with van der Waals surface area (Å²) >= 11 is 0. The molecule has 108 valence electrons. The molecule has 1 aromatic heterocycles. The van der Waals surface area contributed by atoms with Gasteiger partial charge in [-0.25, -0.2) is 0 Å². The zero-order valence-electron chi connectivity index (χ0n) is 12.2. The highest BCUT2D eigenvalue weighted by atomic mass is 16.5. The molecule has 4 nitrogen and oxygen atoms in total. The van der Waals surface area contributed by atoms with Gasteiger partial charge in [-0.05, 0) is 50.6 Å². The Hall–Kier alpha value is -1.31. The molecule has 0 unspecified atom stereocenters. The van der Waals surface area contributed by atoms with Crippen LogP contribution < -0.4 is 0 Å². The molecule has 2 aliphatic heterocycles. The zero-order valence-corrected chi connectivity index (χ0v) is 12.2. The largest absolute Gasteiger partial charge is 0.381 e. The summed E-state index contributed by atoms with van der Waals surface area (Å²) in [6.07, 6.45) is 5.04. The van der Waals surface area contributed by atoms with Crippen LogP contribution in [-0.4, -0.2) is 36.2 Å². The second kappa shape index (κ2) is 5.59. The Morgan fingerprint density at radius 1 is 1.40 bits per heavy atom. The normalized spacial score (nSPS) is 22.8. The summed E-state index contributed by atoms with van der Waals surface area (Å²) in [4.78, 5) is 5.89. The third kappa shape index (κ3) is 2.74. The van der Waals surface area contributed by atoms with Crippen LogP contribution in [0.1, 0.15) is 42.6 Å². The summed E-state index contributed by atoms with van der Waals surface area (Å²) in [6.45, 7) is 7.10. The fourth-order valence-corrected chi connectivity index (χ4v) is 3.73. The molecule has 3 rings (SSSR count). The van der Waals surface area contributed by atoms with E-state index in [1.165, 1.54) is 44.5 Å². The van der Waals surface area contributed by atoms with Crippen molar-refractivity contribution < 1.29 is 4.74 Å². The number of hydrogen-bond acceptors (Lipinski definition) is 3. The number of hydrogen-bond donors (Lipinski definition) is 1. The molecule has 2 aliphatic rings. The van der Waals surface area contributed by atoms with E-state index in [1.807, 2.05) is 13.0 Å². The average molecular weight is 273 g/mol. The first-order valence-electron chi connectivity index (χ1n) is 7.59. The highest BCUT2D eigenvalue weighted by molar-refractivity contribution is 5.35. The van der Waals surface area contributed by atoms with Crippen LogP contribution in [0.5, 0.6) is 0 Å². The Labute approximate surface area is 120 Å². The number of piperidine rings is 1. The molecule has 0 bridgehead atoms. The molecular formula is C16H23N3O. The summed E-state index contributed by atoms with van der Waals surface area (Å²) in [6, 6.07) is 4.24. The molecule has 2 saturated heterocycles. The first-order valence-corrected chi connectivity index (χ1v) is 7.59. The quantitative estimate of drug-likeness (QED) is 0.901. The molecule has 1 aromatic rings. The van der Waals surface area contributed by atoms with Crippen molar-refractivity contribution in [2.24, 2.45) is 5.41 Å². The number of nitrogens with one attached hydrogen (secondary N) is 1. The number of ether oxygens (including phenoxy) is 1. The number of aromatic amines is 1. The Balaban J connectivity index is 1.66. The van der Waals surface area contributed by atoms with Gasteiger partial charge >= 0.3 is 0 Å². The van der Waals surface area contributed by atoms with Crippen LogP contribution in [0, 0.1) is 23.7 Å². The minimum Gasteiger partial charge on any atom is -0.381 e. The van der Waals surface area contributed by atoms with E-state index < -0.39 is 0 Å². The van der Waals surface area contributed by atoms with Crippen molar-refractivity contribution in [1.29, 1.82) is 5.26 Å². The van der Waals surface area contributed by atoms with Gasteiger partial charge in [0.1, 0.15) is 6.07 Å². The maximum Gasteiger partial charge on any atom is 0.101 e. The van der Waals surface area contributed by atoms with E-state index in [4.69, 9.17) is 10.00 Å². The van der Waals surface area contributed by atoms with Gasteiger partial charge in [0.15, 0.2) is 0 Å². The second-order valence-corrected chi connectivity index (χ2v) is 6.37. The topological polar surface area (TPSA) is 52.0 Å². The molecule has 20 heavy (non-hydrogen) atoms. The monoisotopic (exact) mass is 273 g/mol. The molecule has 3 heterocycles. The highest BCUT2D eigenvalue weighted by Gasteiger charge is 2.36. The molecule has 2 fully saturated rings. The van der Waals surface area contributed by atoms with Crippen LogP contribution in [-0.2, 0) is 11.3 Å². The smallest absolute Gasteiger partial charge is 0.101 e. The summed E-state index contributed by atoms with van der Waals surface area (Å²) < 4.78 is 5.52. The van der Waals surface area contributed by atoms with Crippen LogP contribution in [0.25, 0.3) is 0 Å². The van der Waals surface area contributed by atoms with E-state index in [0.29, 0.717) is 5.41 Å². The van der Waals surface area contributed by atoms with Crippen molar-refractivity contribution in [2.45, 2.75) is 39.2 Å². The number of aryl methyl sites for hydroxylation is 1. The van der Waals surface area contributed by atoms with Crippen molar-refractivity contribution in [3.63, 3.8) is 0 Å². The molecule has 4 heteroatoms. The van der Waals surface area contributed by atoms with Crippen LogP contribution in [0.4, 0.5) is 0 Å². The van der Waals surface area contributed by atoms with Gasteiger partial charge in [-0.15, -0.1) is 0 Å². The second-order valence-electron chi connectivity index (χ2n) is 6.37. The van der Waals surface area contributed by atoms with E-state index in [0.717, 1.165) is 31.0 Å². The molecule has 1 spiro atoms. The molecule has 1 N–H and O–H groups in total. The number of likely N-dealkylation sites (tertiary alicyclic amines) is 1. The first-order chi connectivity index (χ1) is 9.71. The number of nitrogens with zero attached hydrogens (tertiary/aromatic N) is 2. The lowest BCUT2D eigenvalue weighted by atomic mass is 9.74. The lowest BCUT2D eigenvalue weighted by Gasteiger charge is -2.45. The first kappa shape index (κ1) is 13.7. The van der Waals surface area contributed by atoms with E-state index in [9.17, 15) is 0 Å². The molecule has 0 saturated carbocycles. The van der Waals surface area contributed by atoms with E-state index in [1.54, 1.807) is 0 Å². The van der Waals surface area contributed by atoms with Gasteiger partial charge in [-0.1, -0.05) is 0 Å². The molecule has 0 amide bonds. The Morgan fingerprint density at radius 3 is 2.90 bits per heavy atom. The Kier molecular flexibility index (Phi) is 3.82. The minimum absolute atomic E-state index is 0.482. The van der Waals surface area contributed by atoms with Gasteiger partial charge in [0, 0.05) is 37.7 Å². The van der Waals surface area contributed by atoms with Gasteiger partial charge < -0.3 is 9.72 Å². The fourth-order valence-electron chi connectivity index (χ4n) is 3.73. The maximum absolute atomic E-state index is 9.04. The van der Waals surface area contributed by atoms with Crippen molar-refractivity contribution >= 4 is 0 Å². The summed E-state index contributed by atoms with van der Waals surface area (Å²) in [7, 11) is 0. The molecule has 0 atom stereocenters. The minimum atomic E-state index is 0.482. The third-order valence-electron chi connectivity index (χ3n) is 4.88.